The molecule has 2 fully saturated rings. The van der Waals surface area contributed by atoms with Crippen LogP contribution in [0.3, 0.4) is 0 Å². The minimum Gasteiger partial charge on any atom is -0.507 e. The molecular weight excluding hydrogens is 561 g/mol. The summed E-state index contributed by atoms with van der Waals surface area (Å²) >= 11 is 0. The number of nitrogens with zero attached hydrogens (tertiary/aromatic N) is 1. The molecule has 4 rings (SSSR count). The number of amides is 1. The third-order valence-electron chi connectivity index (χ3n) is 8.64. The van der Waals surface area contributed by atoms with Gasteiger partial charge in [0, 0.05) is 52.2 Å². The first-order valence-electron chi connectivity index (χ1n) is 15.9. The van der Waals surface area contributed by atoms with Crippen LogP contribution in [0, 0.1) is 17.8 Å². The van der Waals surface area contributed by atoms with E-state index in [1.165, 1.54) is 25.7 Å². The van der Waals surface area contributed by atoms with Gasteiger partial charge in [0.1, 0.15) is 5.75 Å². The fourth-order valence-corrected chi connectivity index (χ4v) is 7.10. The van der Waals surface area contributed by atoms with Gasteiger partial charge in [-0.15, -0.1) is 0 Å². The highest BCUT2D eigenvalue weighted by molar-refractivity contribution is 6.76. The molecule has 8 nitrogen and oxygen atoms in total. The van der Waals surface area contributed by atoms with Crippen molar-refractivity contribution in [3.8, 4) is 16.9 Å². The SMILES string of the molecule is CC(OCC[Si](C)(C)C)c1n[nH]c(C(C)OCC[Si](C)(C)C)c1-c1ccc(NC(=O)[C@@H](N)C(C2CC2)C2CC2)cc1O. The molecule has 42 heavy (non-hydrogen) atoms. The second-order valence-electron chi connectivity index (χ2n) is 15.0. The fraction of sp³-hybridized carbons (Fsp3) is 0.688. The number of H-pyrrole nitrogens is 1. The van der Waals surface area contributed by atoms with Crippen LogP contribution in [0.2, 0.25) is 51.4 Å². The molecule has 10 heteroatoms. The molecule has 5 N–H and O–H groups in total. The van der Waals surface area contributed by atoms with E-state index in [9.17, 15) is 9.90 Å². The third kappa shape index (κ3) is 9.01. The second-order valence-corrected chi connectivity index (χ2v) is 26.3. The number of nitrogens with one attached hydrogen (secondary N) is 2. The molecule has 3 atom stereocenters. The van der Waals surface area contributed by atoms with E-state index in [0.29, 0.717) is 36.3 Å². The molecule has 0 aliphatic heterocycles. The normalized spacial score (nSPS) is 18.2. The molecule has 0 saturated heterocycles. The predicted octanol–water partition coefficient (Wildman–Crippen LogP) is 7.32. The molecule has 0 spiro atoms. The van der Waals surface area contributed by atoms with Gasteiger partial charge in [-0.1, -0.05) is 39.3 Å². The second kappa shape index (κ2) is 13.3. The van der Waals surface area contributed by atoms with Crippen molar-refractivity contribution in [1.29, 1.82) is 0 Å². The van der Waals surface area contributed by atoms with Crippen LogP contribution in [0.15, 0.2) is 18.2 Å². The van der Waals surface area contributed by atoms with Crippen LogP contribution >= 0.6 is 0 Å². The summed E-state index contributed by atoms with van der Waals surface area (Å²) in [6.07, 6.45) is 4.18. The Labute approximate surface area is 254 Å². The number of aromatic nitrogens is 2. The molecule has 1 aromatic carbocycles. The number of hydrogen-bond acceptors (Lipinski definition) is 6. The van der Waals surface area contributed by atoms with E-state index < -0.39 is 22.2 Å². The number of carbonyl (C=O) groups is 1. The number of benzene rings is 1. The Kier molecular flexibility index (Phi) is 10.5. The molecule has 1 aromatic heterocycles. The number of phenolic OH excluding ortho intramolecular Hbond substituents is 1. The highest BCUT2D eigenvalue weighted by Crippen LogP contribution is 2.50. The molecule has 0 bridgehead atoms. The zero-order valence-corrected chi connectivity index (χ0v) is 29.0. The number of hydrogen-bond donors (Lipinski definition) is 4. The molecule has 1 amide bonds. The Hall–Kier alpha value is -1.99. The predicted molar refractivity (Wildman–Crippen MR) is 176 cm³/mol. The zero-order chi connectivity index (χ0) is 30.8. The maximum Gasteiger partial charge on any atom is 0.241 e. The molecule has 2 aromatic rings. The lowest BCUT2D eigenvalue weighted by Gasteiger charge is -2.23. The van der Waals surface area contributed by atoms with Crippen molar-refractivity contribution in [3.63, 3.8) is 0 Å². The van der Waals surface area contributed by atoms with Gasteiger partial charge in [0.05, 0.1) is 29.6 Å². The summed E-state index contributed by atoms with van der Waals surface area (Å²) in [5, 5.41) is 22.2. The monoisotopic (exact) mass is 614 g/mol. The Morgan fingerprint density at radius 1 is 1.00 bits per heavy atom. The van der Waals surface area contributed by atoms with Crippen LogP contribution in [-0.2, 0) is 14.3 Å². The number of phenols is 1. The minimum atomic E-state index is -1.25. The molecule has 234 valence electrons. The molecular formula is C32H54N4O4Si2. The summed E-state index contributed by atoms with van der Waals surface area (Å²) in [5.74, 6) is 1.31. The highest BCUT2D eigenvalue weighted by Gasteiger charge is 2.46. The van der Waals surface area contributed by atoms with Crippen molar-refractivity contribution in [2.45, 2.75) is 109 Å². The molecule has 2 aliphatic rings. The number of rotatable bonds is 16. The highest BCUT2D eigenvalue weighted by atomic mass is 28.3. The lowest BCUT2D eigenvalue weighted by molar-refractivity contribution is -0.118. The van der Waals surface area contributed by atoms with E-state index in [0.717, 1.165) is 29.0 Å². The van der Waals surface area contributed by atoms with Gasteiger partial charge in [-0.3, -0.25) is 9.89 Å². The van der Waals surface area contributed by atoms with Gasteiger partial charge in [0.25, 0.3) is 0 Å². The van der Waals surface area contributed by atoms with Gasteiger partial charge in [-0.25, -0.2) is 0 Å². The third-order valence-corrected chi connectivity index (χ3v) is 12.0. The Morgan fingerprint density at radius 3 is 2.05 bits per heavy atom. The smallest absolute Gasteiger partial charge is 0.241 e. The Balaban J connectivity index is 1.55. The number of aromatic hydroxyl groups is 1. The average Bonchev–Trinajstić information content (AvgIpc) is 3.82. The number of carbonyl (C=O) groups excluding carboxylic acids is 1. The lowest BCUT2D eigenvalue weighted by atomic mass is 9.89. The van der Waals surface area contributed by atoms with Crippen LogP contribution in [0.4, 0.5) is 5.69 Å². The summed E-state index contributed by atoms with van der Waals surface area (Å²) < 4.78 is 12.5. The summed E-state index contributed by atoms with van der Waals surface area (Å²) in [6.45, 7) is 19.4. The maximum atomic E-state index is 13.1. The quantitative estimate of drug-likeness (QED) is 0.147. The molecule has 1 heterocycles. The standard InChI is InChI=1S/C32H54N4O4Si2/c1-20(39-15-17-41(3,4)5)30-28(31(36-35-30)21(2)40-16-18-42(6,7)8)25-14-13-24(19-26(25)37)34-32(38)29(33)27(22-9-10-22)23-11-12-23/h13-14,19-23,27,29,37H,9-12,15-18,33H2,1-8H3,(H,34,38)(H,35,36)/t20?,21?,29-/m0/s1. The van der Waals surface area contributed by atoms with Gasteiger partial charge < -0.3 is 25.6 Å². The topological polar surface area (TPSA) is 122 Å². The average molecular weight is 615 g/mol. The van der Waals surface area contributed by atoms with Crippen molar-refractivity contribution in [2.24, 2.45) is 23.5 Å². The van der Waals surface area contributed by atoms with Crippen molar-refractivity contribution in [3.05, 3.63) is 29.6 Å². The van der Waals surface area contributed by atoms with Crippen LogP contribution in [-0.4, -0.2) is 56.6 Å². The summed E-state index contributed by atoms with van der Waals surface area (Å²) in [4.78, 5) is 13.1. The van der Waals surface area contributed by atoms with E-state index in [4.69, 9.17) is 15.2 Å². The van der Waals surface area contributed by atoms with Gasteiger partial charge in [0.15, 0.2) is 0 Å². The summed E-state index contributed by atoms with van der Waals surface area (Å²) in [7, 11) is -2.50. The van der Waals surface area contributed by atoms with Crippen molar-refractivity contribution in [1.82, 2.24) is 10.2 Å². The Morgan fingerprint density at radius 2 is 1.55 bits per heavy atom. The first-order chi connectivity index (χ1) is 19.6. The molecule has 0 radical (unpaired) electrons. The van der Waals surface area contributed by atoms with Crippen LogP contribution < -0.4 is 11.1 Å². The minimum absolute atomic E-state index is 0.0646. The largest absolute Gasteiger partial charge is 0.507 e. The maximum absolute atomic E-state index is 13.1. The van der Waals surface area contributed by atoms with E-state index in [2.05, 4.69) is 54.8 Å². The van der Waals surface area contributed by atoms with Crippen molar-refractivity contribution < 1.29 is 19.4 Å². The van der Waals surface area contributed by atoms with Crippen LogP contribution in [0.1, 0.15) is 63.1 Å². The number of ether oxygens (including phenoxy) is 2. The van der Waals surface area contributed by atoms with Gasteiger partial charge in [0.2, 0.25) is 5.91 Å². The van der Waals surface area contributed by atoms with Crippen LogP contribution in [0.25, 0.3) is 11.1 Å². The van der Waals surface area contributed by atoms with E-state index in [1.54, 1.807) is 6.07 Å². The van der Waals surface area contributed by atoms with Crippen LogP contribution in [0.5, 0.6) is 5.75 Å². The summed E-state index contributed by atoms with van der Waals surface area (Å²) in [6, 6.07) is 6.88. The first-order valence-corrected chi connectivity index (χ1v) is 23.3. The molecule has 2 aliphatic carbocycles. The van der Waals surface area contributed by atoms with E-state index >= 15 is 0 Å². The summed E-state index contributed by atoms with van der Waals surface area (Å²) in [5.41, 5.74) is 9.98. The van der Waals surface area contributed by atoms with Gasteiger partial charge in [-0.05, 0) is 81.5 Å². The van der Waals surface area contributed by atoms with Crippen molar-refractivity contribution >= 4 is 27.7 Å². The number of aromatic amines is 1. The first kappa shape index (κ1) is 32.9. The molecule has 2 unspecified atom stereocenters. The fourth-order valence-electron chi connectivity index (χ4n) is 5.64. The van der Waals surface area contributed by atoms with Crippen molar-refractivity contribution in [2.75, 3.05) is 18.5 Å². The number of anilines is 1. The van der Waals surface area contributed by atoms with E-state index in [1.807, 2.05) is 26.0 Å². The molecule has 2 saturated carbocycles. The number of nitrogens with two attached hydrogens (primary N) is 1. The van der Waals surface area contributed by atoms with Gasteiger partial charge >= 0.3 is 0 Å². The van der Waals surface area contributed by atoms with E-state index in [-0.39, 0.29) is 29.8 Å². The Bertz CT molecular complexity index is 1160. The van der Waals surface area contributed by atoms with Gasteiger partial charge in [-0.2, -0.15) is 5.10 Å². The zero-order valence-electron chi connectivity index (χ0n) is 27.0. The lowest BCUT2D eigenvalue weighted by Crippen LogP contribution is -2.43.